The molecule has 4 rings (SSSR count). The molecule has 0 aromatic heterocycles. The first-order valence-electron chi connectivity index (χ1n) is 44.8. The first-order chi connectivity index (χ1) is 51.8. The summed E-state index contributed by atoms with van der Waals surface area (Å²) in [6.07, 6.45) is 81.2. The van der Waals surface area contributed by atoms with Gasteiger partial charge in [-0.05, 0) is 107 Å². The first-order valence-corrected chi connectivity index (χ1v) is 44.8. The highest BCUT2D eigenvalue weighted by Crippen LogP contribution is 2.28. The molecule has 8 atom stereocenters. The molecule has 16 nitrogen and oxygen atoms in total. The average Bonchev–Trinajstić information content (AvgIpc) is 0.857. The van der Waals surface area contributed by atoms with Crippen molar-refractivity contribution < 1.29 is 57.1 Å². The summed E-state index contributed by atoms with van der Waals surface area (Å²) in [4.78, 5) is 45.4. The summed E-state index contributed by atoms with van der Waals surface area (Å²) in [6.45, 7) is 32.5. The maximum Gasteiger partial charge on any atom is 0.217 e. The molecule has 0 aromatic rings. The molecule has 0 radical (unpaired) electrons. The third kappa shape index (κ3) is 60.2. The summed E-state index contributed by atoms with van der Waals surface area (Å²) >= 11 is 0. The smallest absolute Gasteiger partial charge is 0.217 e. The number of allylic oxidation sites excluding steroid dienone is 4. The van der Waals surface area contributed by atoms with Crippen LogP contribution in [0.5, 0.6) is 0 Å². The third-order valence-corrected chi connectivity index (χ3v) is 20.5. The summed E-state index contributed by atoms with van der Waals surface area (Å²) in [6, 6.07) is -0.429. The maximum atomic E-state index is 11.4. The van der Waals surface area contributed by atoms with Gasteiger partial charge in [-0.15, -0.1) is 0 Å². The molecule has 4 fully saturated rings. The molecule has 0 unspecified atom stereocenters. The highest BCUT2D eigenvalue weighted by molar-refractivity contribution is 5.74. The van der Waals surface area contributed by atoms with Crippen molar-refractivity contribution in [2.45, 2.75) is 491 Å². The van der Waals surface area contributed by atoms with Crippen molar-refractivity contribution in [3.05, 3.63) is 48.6 Å². The zero-order valence-corrected chi connectivity index (χ0v) is 72.9. The average molecular weight is 1530 g/mol. The molecule has 4 heterocycles. The molecule has 4 aliphatic rings. The van der Waals surface area contributed by atoms with E-state index in [1.165, 1.54) is 310 Å². The summed E-state index contributed by atoms with van der Waals surface area (Å²) < 4.78 is 46.5. The minimum atomic E-state index is -0.597. The predicted octanol–water partition coefficient (Wildman–Crippen LogP) is 23.6. The number of hydrogen-bond acceptors (Lipinski definition) is 12. The van der Waals surface area contributed by atoms with E-state index in [0.717, 1.165) is 25.7 Å². The van der Waals surface area contributed by atoms with Crippen LogP contribution < -0.4 is 21.3 Å². The molecule has 16 heteroatoms. The third-order valence-electron chi connectivity index (χ3n) is 20.5. The van der Waals surface area contributed by atoms with E-state index in [4.69, 9.17) is 37.9 Å². The van der Waals surface area contributed by atoms with Crippen molar-refractivity contribution in [1.29, 1.82) is 0 Å². The lowest BCUT2D eigenvalue weighted by Gasteiger charge is -2.40. The lowest BCUT2D eigenvalue weighted by molar-refractivity contribution is -0.271. The molecule has 0 aliphatic carbocycles. The van der Waals surface area contributed by atoms with Crippen LogP contribution in [0, 0.1) is 0 Å². The number of unbranched alkanes of at least 4 members (excludes halogenated alkanes) is 44. The van der Waals surface area contributed by atoms with E-state index in [2.05, 4.69) is 97.6 Å². The molecule has 4 saturated heterocycles. The van der Waals surface area contributed by atoms with Crippen LogP contribution in [0.3, 0.4) is 0 Å². The van der Waals surface area contributed by atoms with Crippen LogP contribution in [0.25, 0.3) is 0 Å². The topological polar surface area (TPSA) is 190 Å². The van der Waals surface area contributed by atoms with Gasteiger partial charge in [0.2, 0.25) is 23.6 Å². The molecule has 4 aliphatic heterocycles. The van der Waals surface area contributed by atoms with Gasteiger partial charge in [0.25, 0.3) is 0 Å². The van der Waals surface area contributed by atoms with Gasteiger partial charge < -0.3 is 59.2 Å². The Hall–Kier alpha value is -3.48. The SMILES string of the molecule is CCCCCCCCCCCCC/C=C/[C@@H]1OC(C)(C)OC[C@H]1NC(C)=O.CCCCCCCCCCCCC/C=C/[C@@H]1OC(C)(C)OC[C@H]1NC(C)=O.CCCCCCCCCCCCC/C=C/[C@@H]1OC(C)(C)OC[C@H]1NC(C)=O.CCCCCCCCCCCCC/C=C/[C@@H]1OC(C)(C)OC[C@H]1NC(C)=O. The highest BCUT2D eigenvalue weighted by Gasteiger charge is 2.39. The molecule has 0 aromatic carbocycles. The van der Waals surface area contributed by atoms with Crippen molar-refractivity contribution in [2.24, 2.45) is 0 Å². The Kier molecular flexibility index (Phi) is 62.5. The molecule has 0 bridgehead atoms. The Morgan fingerprint density at radius 2 is 0.389 bits per heavy atom. The Balaban J connectivity index is 0.000000720. The van der Waals surface area contributed by atoms with Gasteiger partial charge in [-0.25, -0.2) is 0 Å². The molecule has 632 valence electrons. The number of hydrogen-bond donors (Lipinski definition) is 4. The monoisotopic (exact) mass is 1530 g/mol. The van der Waals surface area contributed by atoms with Crippen LogP contribution in [0.15, 0.2) is 48.6 Å². The quantitative estimate of drug-likeness (QED) is 0.0334. The Bertz CT molecular complexity index is 1990. The van der Waals surface area contributed by atoms with E-state index in [-0.39, 0.29) is 72.2 Å². The lowest BCUT2D eigenvalue weighted by Crippen LogP contribution is -2.54. The predicted molar refractivity (Wildman–Crippen MR) is 451 cm³/mol. The maximum absolute atomic E-state index is 11.4. The van der Waals surface area contributed by atoms with Crippen molar-refractivity contribution in [3.8, 4) is 0 Å². The number of carbonyl (C=O) groups excluding carboxylic acids is 4. The van der Waals surface area contributed by atoms with Gasteiger partial charge in [0.1, 0.15) is 24.4 Å². The van der Waals surface area contributed by atoms with E-state index in [1.807, 2.05) is 55.4 Å². The molecule has 4 N–H and O–H groups in total. The van der Waals surface area contributed by atoms with Gasteiger partial charge in [0.15, 0.2) is 23.1 Å². The van der Waals surface area contributed by atoms with Crippen LogP contribution in [0.4, 0.5) is 0 Å². The van der Waals surface area contributed by atoms with Crippen molar-refractivity contribution in [3.63, 3.8) is 0 Å². The standard InChI is InChI=1S/4C23H43NO3/c4*1-5-6-7-8-9-10-11-12-13-14-15-16-17-18-22-21(24-20(2)25)19-26-23(3,4)27-22/h4*17-18,21-22H,5-16,19H2,1-4H3,(H,24,25)/b4*18-17+/t4*21-,22+/m1111/s1. The van der Waals surface area contributed by atoms with E-state index in [0.29, 0.717) is 26.4 Å². The largest absolute Gasteiger partial charge is 0.348 e. The fourth-order valence-electron chi connectivity index (χ4n) is 14.2. The molecular weight excluding hydrogens is 1350 g/mol. The van der Waals surface area contributed by atoms with Gasteiger partial charge in [-0.1, -0.05) is 333 Å². The fraction of sp³-hybridized carbons (Fsp3) is 0.870. The minimum absolute atomic E-state index is 0.0457. The molecule has 4 amide bonds. The first kappa shape index (κ1) is 103. The van der Waals surface area contributed by atoms with E-state index < -0.39 is 23.1 Å². The van der Waals surface area contributed by atoms with E-state index >= 15 is 0 Å². The molecule has 108 heavy (non-hydrogen) atoms. The summed E-state index contributed by atoms with van der Waals surface area (Å²) in [5, 5.41) is 11.7. The number of amides is 4. The Morgan fingerprint density at radius 3 is 0.528 bits per heavy atom. The van der Waals surface area contributed by atoms with Crippen molar-refractivity contribution in [1.82, 2.24) is 21.3 Å². The zero-order valence-electron chi connectivity index (χ0n) is 72.9. The molecule has 0 saturated carbocycles. The van der Waals surface area contributed by atoms with Crippen LogP contribution in [0.2, 0.25) is 0 Å². The van der Waals surface area contributed by atoms with Crippen LogP contribution >= 0.6 is 0 Å². The van der Waals surface area contributed by atoms with Gasteiger partial charge in [-0.2, -0.15) is 0 Å². The van der Waals surface area contributed by atoms with E-state index in [1.54, 1.807) is 0 Å². The van der Waals surface area contributed by atoms with Crippen LogP contribution in [-0.4, -0.2) is 122 Å². The second-order valence-corrected chi connectivity index (χ2v) is 33.4. The number of nitrogens with one attached hydrogen (secondary N) is 4. The van der Waals surface area contributed by atoms with Gasteiger partial charge >= 0.3 is 0 Å². The summed E-state index contributed by atoms with van der Waals surface area (Å²) in [5.74, 6) is -2.57. The molecular formula is C92H172N4O12. The summed E-state index contributed by atoms with van der Waals surface area (Å²) in [5.41, 5.74) is 0. The summed E-state index contributed by atoms with van der Waals surface area (Å²) in [7, 11) is 0. The second-order valence-electron chi connectivity index (χ2n) is 33.4. The number of ether oxygens (including phenoxy) is 8. The van der Waals surface area contributed by atoms with Crippen molar-refractivity contribution in [2.75, 3.05) is 26.4 Å². The van der Waals surface area contributed by atoms with E-state index in [9.17, 15) is 19.2 Å². The number of rotatable bonds is 56. The Morgan fingerprint density at radius 1 is 0.250 bits per heavy atom. The zero-order chi connectivity index (χ0) is 79.8. The Labute approximate surface area is 664 Å². The van der Waals surface area contributed by atoms with Crippen LogP contribution in [-0.2, 0) is 57.1 Å². The molecule has 0 spiro atoms. The van der Waals surface area contributed by atoms with Gasteiger partial charge in [0.05, 0.1) is 50.6 Å². The van der Waals surface area contributed by atoms with Crippen molar-refractivity contribution >= 4 is 23.6 Å². The lowest BCUT2D eigenvalue weighted by atomic mass is 10.0. The highest BCUT2D eigenvalue weighted by atomic mass is 16.7. The second kappa shape index (κ2) is 65.9. The van der Waals surface area contributed by atoms with Crippen LogP contribution in [0.1, 0.15) is 419 Å². The minimum Gasteiger partial charge on any atom is -0.348 e. The number of carbonyl (C=O) groups is 4. The normalized spacial score (nSPS) is 22.2. The fourth-order valence-corrected chi connectivity index (χ4v) is 14.2. The van der Waals surface area contributed by atoms with Gasteiger partial charge in [-0.3, -0.25) is 19.2 Å². The van der Waals surface area contributed by atoms with Gasteiger partial charge in [0, 0.05) is 27.7 Å².